The molecule has 1 saturated heterocycles. The molecule has 0 N–H and O–H groups in total. The minimum atomic E-state index is -0.441. The molecule has 0 aromatic carbocycles. The van der Waals surface area contributed by atoms with Crippen LogP contribution in [0.2, 0.25) is 0 Å². The lowest BCUT2D eigenvalue weighted by Crippen LogP contribution is -2.48. The van der Waals surface area contributed by atoms with Crippen LogP contribution in [-0.4, -0.2) is 41.9 Å². The number of carbonyl (C=O) groups excluding carboxylic acids is 1. The van der Waals surface area contributed by atoms with E-state index in [0.29, 0.717) is 19.7 Å². The Morgan fingerprint density at radius 2 is 1.95 bits per heavy atom. The van der Waals surface area contributed by atoms with Gasteiger partial charge in [-0.05, 0) is 47.0 Å². The van der Waals surface area contributed by atoms with Gasteiger partial charge in [-0.15, -0.1) is 12.3 Å². The SMILES string of the molecule is C#CCCCOC1(C)CCN(C(=O)OC(C)(C)C)CC1. The number of unbranched alkanes of at least 4 members (excludes halogenated alkanes) is 1. The number of piperidine rings is 1. The van der Waals surface area contributed by atoms with E-state index in [9.17, 15) is 4.79 Å². The molecule has 1 rings (SSSR count). The number of rotatable bonds is 4. The fourth-order valence-corrected chi connectivity index (χ4v) is 2.13. The van der Waals surface area contributed by atoms with Crippen molar-refractivity contribution >= 4 is 6.09 Å². The summed E-state index contributed by atoms with van der Waals surface area (Å²) in [6.07, 6.45) is 8.30. The lowest BCUT2D eigenvalue weighted by Gasteiger charge is -2.39. The highest BCUT2D eigenvalue weighted by atomic mass is 16.6. The zero-order chi connectivity index (χ0) is 15.2. The third kappa shape index (κ3) is 5.83. The van der Waals surface area contributed by atoms with E-state index in [-0.39, 0.29) is 11.7 Å². The molecule has 1 aliphatic rings. The number of ether oxygens (including phenoxy) is 2. The molecule has 4 heteroatoms. The van der Waals surface area contributed by atoms with Gasteiger partial charge >= 0.3 is 6.09 Å². The van der Waals surface area contributed by atoms with Gasteiger partial charge in [0.25, 0.3) is 0 Å². The maximum Gasteiger partial charge on any atom is 0.410 e. The first-order chi connectivity index (χ1) is 9.26. The molecule has 0 saturated carbocycles. The first-order valence-electron chi connectivity index (χ1n) is 7.31. The summed E-state index contributed by atoms with van der Waals surface area (Å²) in [6.45, 7) is 9.80. The van der Waals surface area contributed by atoms with Crippen LogP contribution in [-0.2, 0) is 9.47 Å². The van der Waals surface area contributed by atoms with E-state index in [1.165, 1.54) is 0 Å². The molecule has 0 aromatic heterocycles. The second-order valence-electron chi connectivity index (χ2n) is 6.57. The summed E-state index contributed by atoms with van der Waals surface area (Å²) in [4.78, 5) is 13.7. The Labute approximate surface area is 122 Å². The Bertz CT molecular complexity index is 357. The van der Waals surface area contributed by atoms with Gasteiger partial charge in [0, 0.05) is 26.1 Å². The normalized spacial score (nSPS) is 18.4. The predicted octanol–water partition coefficient (Wildman–Crippen LogP) is 3.21. The molecular weight excluding hydrogens is 254 g/mol. The van der Waals surface area contributed by atoms with Gasteiger partial charge in [0.1, 0.15) is 5.60 Å². The Morgan fingerprint density at radius 1 is 1.35 bits per heavy atom. The van der Waals surface area contributed by atoms with Gasteiger partial charge in [-0.1, -0.05) is 0 Å². The summed E-state index contributed by atoms with van der Waals surface area (Å²) in [5.74, 6) is 2.61. The van der Waals surface area contributed by atoms with E-state index in [1.54, 1.807) is 4.90 Å². The first-order valence-corrected chi connectivity index (χ1v) is 7.31. The maximum absolute atomic E-state index is 12.0. The van der Waals surface area contributed by atoms with Crippen molar-refractivity contribution in [1.29, 1.82) is 0 Å². The Hall–Kier alpha value is -1.21. The number of carbonyl (C=O) groups is 1. The molecule has 0 bridgehead atoms. The quantitative estimate of drug-likeness (QED) is 0.587. The van der Waals surface area contributed by atoms with Gasteiger partial charge < -0.3 is 14.4 Å². The van der Waals surface area contributed by atoms with Crippen molar-refractivity contribution in [2.75, 3.05) is 19.7 Å². The summed E-state index contributed by atoms with van der Waals surface area (Å²) >= 11 is 0. The molecule has 1 aliphatic heterocycles. The number of hydrogen-bond donors (Lipinski definition) is 0. The number of amides is 1. The van der Waals surface area contributed by atoms with Crippen molar-refractivity contribution in [3.8, 4) is 12.3 Å². The van der Waals surface area contributed by atoms with Crippen LogP contribution in [0.1, 0.15) is 53.4 Å². The molecule has 0 unspecified atom stereocenters. The summed E-state index contributed by atoms with van der Waals surface area (Å²) in [5.41, 5.74) is -0.587. The first kappa shape index (κ1) is 16.8. The van der Waals surface area contributed by atoms with Crippen LogP contribution in [0.3, 0.4) is 0 Å². The van der Waals surface area contributed by atoms with E-state index < -0.39 is 5.60 Å². The summed E-state index contributed by atoms with van der Waals surface area (Å²) in [5, 5.41) is 0. The van der Waals surface area contributed by atoms with Crippen LogP contribution in [0.25, 0.3) is 0 Å². The molecule has 0 aromatic rings. The number of likely N-dealkylation sites (tertiary alicyclic amines) is 1. The maximum atomic E-state index is 12.0. The molecular formula is C16H27NO3. The Morgan fingerprint density at radius 3 is 2.45 bits per heavy atom. The van der Waals surface area contributed by atoms with Crippen LogP contribution in [0.5, 0.6) is 0 Å². The van der Waals surface area contributed by atoms with Gasteiger partial charge in [-0.25, -0.2) is 4.79 Å². The summed E-state index contributed by atoms with van der Waals surface area (Å²) in [6, 6.07) is 0. The highest BCUT2D eigenvalue weighted by Crippen LogP contribution is 2.27. The standard InChI is InChI=1S/C16H27NO3/c1-6-7-8-13-19-16(5)9-11-17(12-10-16)14(18)20-15(2,3)4/h1H,7-13H2,2-5H3. The van der Waals surface area contributed by atoms with Gasteiger partial charge in [0.05, 0.1) is 5.60 Å². The molecule has 20 heavy (non-hydrogen) atoms. The van der Waals surface area contributed by atoms with Crippen LogP contribution in [0.4, 0.5) is 4.79 Å². The second kappa shape index (κ2) is 6.99. The summed E-state index contributed by atoms with van der Waals surface area (Å²) in [7, 11) is 0. The fraction of sp³-hybridized carbons (Fsp3) is 0.812. The summed E-state index contributed by atoms with van der Waals surface area (Å²) < 4.78 is 11.3. The van der Waals surface area contributed by atoms with Gasteiger partial charge in [-0.2, -0.15) is 0 Å². The van der Waals surface area contributed by atoms with E-state index in [0.717, 1.165) is 25.7 Å². The average Bonchev–Trinajstić information content (AvgIpc) is 2.33. The number of nitrogens with zero attached hydrogens (tertiary/aromatic N) is 1. The van der Waals surface area contributed by atoms with Crippen molar-refractivity contribution in [2.24, 2.45) is 0 Å². The predicted molar refractivity (Wildman–Crippen MR) is 79.5 cm³/mol. The van der Waals surface area contributed by atoms with Crippen molar-refractivity contribution in [2.45, 2.75) is 64.6 Å². The van der Waals surface area contributed by atoms with Crippen molar-refractivity contribution in [1.82, 2.24) is 4.90 Å². The lowest BCUT2D eigenvalue weighted by atomic mass is 9.93. The van der Waals surface area contributed by atoms with Crippen LogP contribution in [0, 0.1) is 12.3 Å². The Balaban J connectivity index is 2.35. The van der Waals surface area contributed by atoms with E-state index >= 15 is 0 Å². The third-order valence-electron chi connectivity index (χ3n) is 3.39. The molecule has 114 valence electrons. The van der Waals surface area contributed by atoms with Crippen LogP contribution >= 0.6 is 0 Å². The number of hydrogen-bond acceptors (Lipinski definition) is 3. The van der Waals surface area contributed by atoms with E-state index in [2.05, 4.69) is 12.8 Å². The molecule has 0 aliphatic carbocycles. The zero-order valence-electron chi connectivity index (χ0n) is 13.2. The molecule has 1 fully saturated rings. The highest BCUT2D eigenvalue weighted by molar-refractivity contribution is 5.68. The fourth-order valence-electron chi connectivity index (χ4n) is 2.13. The van der Waals surface area contributed by atoms with Gasteiger partial charge in [-0.3, -0.25) is 0 Å². The topological polar surface area (TPSA) is 38.8 Å². The molecule has 4 nitrogen and oxygen atoms in total. The minimum absolute atomic E-state index is 0.146. The van der Waals surface area contributed by atoms with Crippen molar-refractivity contribution in [3.05, 3.63) is 0 Å². The monoisotopic (exact) mass is 281 g/mol. The highest BCUT2D eigenvalue weighted by Gasteiger charge is 2.34. The molecule has 0 radical (unpaired) electrons. The van der Waals surface area contributed by atoms with Crippen molar-refractivity contribution < 1.29 is 14.3 Å². The minimum Gasteiger partial charge on any atom is -0.444 e. The van der Waals surface area contributed by atoms with Gasteiger partial charge in [0.15, 0.2) is 0 Å². The molecule has 0 spiro atoms. The van der Waals surface area contributed by atoms with Crippen molar-refractivity contribution in [3.63, 3.8) is 0 Å². The largest absolute Gasteiger partial charge is 0.444 e. The Kier molecular flexibility index (Phi) is 5.88. The smallest absolute Gasteiger partial charge is 0.410 e. The second-order valence-corrected chi connectivity index (χ2v) is 6.57. The van der Waals surface area contributed by atoms with Crippen LogP contribution in [0.15, 0.2) is 0 Å². The van der Waals surface area contributed by atoms with E-state index in [4.69, 9.17) is 15.9 Å². The molecule has 1 heterocycles. The third-order valence-corrected chi connectivity index (χ3v) is 3.39. The van der Waals surface area contributed by atoms with Crippen LogP contribution < -0.4 is 0 Å². The average molecular weight is 281 g/mol. The van der Waals surface area contributed by atoms with E-state index in [1.807, 2.05) is 20.8 Å². The number of terminal acetylenes is 1. The lowest BCUT2D eigenvalue weighted by molar-refractivity contribution is -0.0727. The zero-order valence-corrected chi connectivity index (χ0v) is 13.2. The molecule has 0 atom stereocenters. The molecule has 1 amide bonds. The van der Waals surface area contributed by atoms with Gasteiger partial charge in [0.2, 0.25) is 0 Å².